The van der Waals surface area contributed by atoms with Gasteiger partial charge in [-0.1, -0.05) is 18.3 Å². The van der Waals surface area contributed by atoms with Crippen molar-refractivity contribution in [3.63, 3.8) is 0 Å². The summed E-state index contributed by atoms with van der Waals surface area (Å²) < 4.78 is 25.3. The van der Waals surface area contributed by atoms with Crippen molar-refractivity contribution in [3.05, 3.63) is 40.6 Å². The number of hydrogen-bond acceptors (Lipinski definition) is 9. The van der Waals surface area contributed by atoms with Crippen molar-refractivity contribution in [3.8, 4) is 0 Å². The first kappa shape index (κ1) is 21.3. The quantitative estimate of drug-likeness (QED) is 0.508. The zero-order valence-electron chi connectivity index (χ0n) is 15.8. The molecule has 0 saturated carbocycles. The Kier molecular flexibility index (Phi) is 6.57. The SMILES string of the molecule is CCN1CCN(CC(=O)Nc2ncc(S(=O)(=O)c3ccc([N+](=O)[O-])cc3)s2)CC1. The molecule has 1 fully saturated rings. The van der Waals surface area contributed by atoms with Gasteiger partial charge in [-0.2, -0.15) is 0 Å². The van der Waals surface area contributed by atoms with Crippen LogP contribution in [0.4, 0.5) is 10.8 Å². The van der Waals surface area contributed by atoms with Crippen LogP contribution >= 0.6 is 11.3 Å². The van der Waals surface area contributed by atoms with Crippen molar-refractivity contribution in [1.29, 1.82) is 0 Å². The second-order valence-corrected chi connectivity index (χ2v) is 9.70. The van der Waals surface area contributed by atoms with E-state index in [4.69, 9.17) is 0 Å². The van der Waals surface area contributed by atoms with Crippen LogP contribution in [0.15, 0.2) is 39.6 Å². The molecular formula is C17H21N5O5S2. The molecule has 1 aliphatic heterocycles. The molecule has 10 nitrogen and oxygen atoms in total. The number of nitrogens with zero attached hydrogens (tertiary/aromatic N) is 4. The van der Waals surface area contributed by atoms with E-state index in [1.165, 1.54) is 18.3 Å². The maximum absolute atomic E-state index is 12.7. The monoisotopic (exact) mass is 439 g/mol. The summed E-state index contributed by atoms with van der Waals surface area (Å²) in [5, 5.41) is 13.6. The first-order valence-electron chi connectivity index (χ1n) is 8.99. The first-order chi connectivity index (χ1) is 13.8. The molecule has 1 aliphatic rings. The van der Waals surface area contributed by atoms with Crippen LogP contribution in [0.3, 0.4) is 0 Å². The lowest BCUT2D eigenvalue weighted by Crippen LogP contribution is -2.48. The molecule has 29 heavy (non-hydrogen) atoms. The Morgan fingerprint density at radius 3 is 2.41 bits per heavy atom. The number of sulfone groups is 1. The Morgan fingerprint density at radius 1 is 1.21 bits per heavy atom. The van der Waals surface area contributed by atoms with E-state index in [9.17, 15) is 23.3 Å². The molecule has 0 unspecified atom stereocenters. The highest BCUT2D eigenvalue weighted by Gasteiger charge is 2.23. The molecule has 0 aliphatic carbocycles. The standard InChI is InChI=1S/C17H21N5O5S2/c1-2-20-7-9-21(10-8-20)12-15(23)19-17-18-11-16(28-17)29(26,27)14-5-3-13(4-6-14)22(24)25/h3-6,11H,2,7-10,12H2,1H3,(H,18,19,23). The summed E-state index contributed by atoms with van der Waals surface area (Å²) >= 11 is 0.848. The molecule has 3 rings (SSSR count). The second-order valence-electron chi connectivity index (χ2n) is 6.50. The van der Waals surface area contributed by atoms with Gasteiger partial charge in [0.1, 0.15) is 4.21 Å². The summed E-state index contributed by atoms with van der Waals surface area (Å²) in [6.45, 7) is 6.76. The number of hydrogen-bond donors (Lipinski definition) is 1. The Bertz CT molecular complexity index is 982. The van der Waals surface area contributed by atoms with E-state index in [-0.39, 0.29) is 32.4 Å². The van der Waals surface area contributed by atoms with Crippen LogP contribution in [0.1, 0.15) is 6.92 Å². The largest absolute Gasteiger partial charge is 0.301 e. The minimum atomic E-state index is -3.87. The smallest absolute Gasteiger partial charge is 0.269 e. The average molecular weight is 440 g/mol. The third-order valence-electron chi connectivity index (χ3n) is 4.63. The Morgan fingerprint density at radius 2 is 1.83 bits per heavy atom. The van der Waals surface area contributed by atoms with Gasteiger partial charge in [-0.15, -0.1) is 0 Å². The highest BCUT2D eigenvalue weighted by Crippen LogP contribution is 2.29. The molecule has 0 bridgehead atoms. The van der Waals surface area contributed by atoms with Crippen molar-refractivity contribution in [1.82, 2.24) is 14.8 Å². The van der Waals surface area contributed by atoms with Crippen LogP contribution in [0, 0.1) is 10.1 Å². The van der Waals surface area contributed by atoms with Gasteiger partial charge < -0.3 is 10.2 Å². The zero-order valence-corrected chi connectivity index (χ0v) is 17.4. The molecular weight excluding hydrogens is 418 g/mol. The van der Waals surface area contributed by atoms with Crippen LogP contribution in [0.2, 0.25) is 0 Å². The van der Waals surface area contributed by atoms with Gasteiger partial charge in [0.05, 0.1) is 22.6 Å². The number of thiazole rings is 1. The predicted octanol–water partition coefficient (Wildman–Crippen LogP) is 1.46. The number of aromatic nitrogens is 1. The van der Waals surface area contributed by atoms with Crippen LogP contribution in [-0.2, 0) is 14.6 Å². The van der Waals surface area contributed by atoms with Gasteiger partial charge in [0.2, 0.25) is 15.7 Å². The maximum atomic E-state index is 12.7. The molecule has 156 valence electrons. The molecule has 1 aromatic heterocycles. The fraction of sp³-hybridized carbons (Fsp3) is 0.412. The number of nitro groups is 1. The summed E-state index contributed by atoms with van der Waals surface area (Å²) in [4.78, 5) is 30.6. The van der Waals surface area contributed by atoms with Gasteiger partial charge in [0.15, 0.2) is 5.13 Å². The van der Waals surface area contributed by atoms with Gasteiger partial charge in [-0.05, 0) is 18.7 Å². The fourth-order valence-electron chi connectivity index (χ4n) is 2.93. The minimum Gasteiger partial charge on any atom is -0.301 e. The molecule has 2 aromatic rings. The van der Waals surface area contributed by atoms with E-state index in [1.807, 2.05) is 4.90 Å². The number of nitrogens with one attached hydrogen (secondary N) is 1. The third kappa shape index (κ3) is 5.15. The Balaban J connectivity index is 1.62. The van der Waals surface area contributed by atoms with Crippen molar-refractivity contribution in [2.24, 2.45) is 0 Å². The highest BCUT2D eigenvalue weighted by molar-refractivity contribution is 7.93. The topological polar surface area (TPSA) is 126 Å². The molecule has 1 N–H and O–H groups in total. The van der Waals surface area contributed by atoms with Gasteiger partial charge in [-0.25, -0.2) is 13.4 Å². The van der Waals surface area contributed by atoms with E-state index in [0.29, 0.717) is 0 Å². The van der Waals surface area contributed by atoms with E-state index in [1.54, 1.807) is 0 Å². The zero-order chi connectivity index (χ0) is 21.0. The van der Waals surface area contributed by atoms with Gasteiger partial charge in [-0.3, -0.25) is 19.8 Å². The molecule has 1 saturated heterocycles. The number of anilines is 1. The summed E-state index contributed by atoms with van der Waals surface area (Å²) in [5.74, 6) is -0.247. The molecule has 0 radical (unpaired) electrons. The fourth-order valence-corrected chi connectivity index (χ4v) is 5.38. The summed E-state index contributed by atoms with van der Waals surface area (Å²) in [7, 11) is -3.87. The first-order valence-corrected chi connectivity index (χ1v) is 11.3. The normalized spacial score (nSPS) is 15.9. The number of likely N-dealkylation sites (N-methyl/N-ethyl adjacent to an activating group) is 1. The van der Waals surface area contributed by atoms with Gasteiger partial charge >= 0.3 is 0 Å². The number of benzene rings is 1. The molecule has 0 atom stereocenters. The van der Waals surface area contributed by atoms with Crippen LogP contribution in [0.5, 0.6) is 0 Å². The number of nitro benzene ring substituents is 1. The molecule has 1 amide bonds. The maximum Gasteiger partial charge on any atom is 0.269 e. The number of amides is 1. The molecule has 0 spiro atoms. The number of carbonyl (C=O) groups is 1. The lowest BCUT2D eigenvalue weighted by molar-refractivity contribution is -0.384. The van der Waals surface area contributed by atoms with Gasteiger partial charge in [0.25, 0.3) is 5.69 Å². The minimum absolute atomic E-state index is 0.0433. The average Bonchev–Trinajstić information content (AvgIpc) is 3.17. The number of non-ortho nitro benzene ring substituents is 1. The number of piperazine rings is 1. The summed E-state index contributed by atoms with van der Waals surface area (Å²) in [6.07, 6.45) is 1.18. The van der Waals surface area contributed by atoms with E-state index in [0.717, 1.165) is 56.2 Å². The van der Waals surface area contributed by atoms with Crippen molar-refractivity contribution in [2.45, 2.75) is 16.0 Å². The van der Waals surface area contributed by atoms with E-state index < -0.39 is 14.8 Å². The number of carbonyl (C=O) groups excluding carboxylic acids is 1. The summed E-state index contributed by atoms with van der Waals surface area (Å²) in [5.41, 5.74) is -0.194. The third-order valence-corrected chi connectivity index (χ3v) is 7.78. The van der Waals surface area contributed by atoms with Crippen LogP contribution in [-0.4, -0.2) is 73.3 Å². The van der Waals surface area contributed by atoms with Crippen LogP contribution < -0.4 is 5.32 Å². The molecule has 12 heteroatoms. The summed E-state index contributed by atoms with van der Waals surface area (Å²) in [6, 6.07) is 4.63. The van der Waals surface area contributed by atoms with Crippen molar-refractivity contribution < 1.29 is 18.1 Å². The molecule has 2 heterocycles. The lowest BCUT2D eigenvalue weighted by Gasteiger charge is -2.33. The van der Waals surface area contributed by atoms with Crippen molar-refractivity contribution in [2.75, 3.05) is 44.6 Å². The predicted molar refractivity (Wildman–Crippen MR) is 108 cm³/mol. The highest BCUT2D eigenvalue weighted by atomic mass is 32.2. The van der Waals surface area contributed by atoms with E-state index >= 15 is 0 Å². The second kappa shape index (κ2) is 8.95. The number of rotatable bonds is 7. The van der Waals surface area contributed by atoms with Crippen molar-refractivity contribution >= 4 is 37.9 Å². The Hall–Kier alpha value is -2.41. The van der Waals surface area contributed by atoms with Crippen LogP contribution in [0.25, 0.3) is 0 Å². The van der Waals surface area contributed by atoms with Gasteiger partial charge in [0, 0.05) is 38.3 Å². The molecule has 1 aromatic carbocycles. The van der Waals surface area contributed by atoms with E-state index in [2.05, 4.69) is 22.1 Å². The lowest BCUT2D eigenvalue weighted by atomic mass is 10.3. The Labute approximate surface area is 172 Å².